The predicted molar refractivity (Wildman–Crippen MR) is 101 cm³/mol. The summed E-state index contributed by atoms with van der Waals surface area (Å²) in [7, 11) is 1.66. The summed E-state index contributed by atoms with van der Waals surface area (Å²) >= 11 is 0. The summed E-state index contributed by atoms with van der Waals surface area (Å²) in [5.74, 6) is 2.33. The van der Waals surface area contributed by atoms with Crippen molar-refractivity contribution in [1.82, 2.24) is 5.32 Å². The zero-order valence-electron chi connectivity index (χ0n) is 15.6. The number of methoxy groups -OCH3 is 1. The van der Waals surface area contributed by atoms with Crippen LogP contribution in [0.1, 0.15) is 25.0 Å². The normalized spacial score (nSPS) is 15.8. The van der Waals surface area contributed by atoms with Gasteiger partial charge in [0.05, 0.1) is 7.11 Å². The van der Waals surface area contributed by atoms with E-state index in [1.54, 1.807) is 7.11 Å². The van der Waals surface area contributed by atoms with E-state index >= 15 is 0 Å². The summed E-state index contributed by atoms with van der Waals surface area (Å²) < 4.78 is 17.1. The molecular weight excluding hydrogens is 330 g/mol. The van der Waals surface area contributed by atoms with Gasteiger partial charge in [-0.2, -0.15) is 0 Å². The maximum absolute atomic E-state index is 10.2. The van der Waals surface area contributed by atoms with Crippen LogP contribution in [0, 0.1) is 0 Å². The monoisotopic (exact) mass is 357 g/mol. The number of nitrogens with one attached hydrogen (secondary N) is 1. The Morgan fingerprint density at radius 2 is 1.92 bits per heavy atom. The highest BCUT2D eigenvalue weighted by Crippen LogP contribution is 2.41. The van der Waals surface area contributed by atoms with E-state index < -0.39 is 6.10 Å². The molecule has 1 aliphatic rings. The molecule has 2 aromatic carbocycles. The van der Waals surface area contributed by atoms with Gasteiger partial charge in [-0.3, -0.25) is 0 Å². The highest BCUT2D eigenvalue weighted by Gasteiger charge is 2.32. The molecule has 0 bridgehead atoms. The SMILES string of the molecule is COc1ccccc1CNC[C@H](O)COc1cccc2c1OC(C)(C)C2. The van der Waals surface area contributed by atoms with Crippen molar-refractivity contribution in [3.8, 4) is 17.2 Å². The van der Waals surface area contributed by atoms with E-state index in [0.29, 0.717) is 18.8 Å². The van der Waals surface area contributed by atoms with E-state index in [1.165, 1.54) is 0 Å². The third-order valence-electron chi connectivity index (χ3n) is 4.37. The zero-order chi connectivity index (χ0) is 18.6. The molecule has 2 N–H and O–H groups in total. The van der Waals surface area contributed by atoms with Crippen molar-refractivity contribution in [1.29, 1.82) is 0 Å². The fourth-order valence-corrected chi connectivity index (χ4v) is 3.17. The Morgan fingerprint density at radius 1 is 1.15 bits per heavy atom. The van der Waals surface area contributed by atoms with E-state index in [9.17, 15) is 5.11 Å². The average molecular weight is 357 g/mol. The molecule has 0 unspecified atom stereocenters. The number of rotatable bonds is 8. The molecular formula is C21H27NO4. The number of hydrogen-bond donors (Lipinski definition) is 2. The summed E-state index contributed by atoms with van der Waals surface area (Å²) in [5.41, 5.74) is 1.99. The van der Waals surface area contributed by atoms with Crippen molar-refractivity contribution in [2.45, 2.75) is 38.5 Å². The molecule has 0 fully saturated rings. The van der Waals surface area contributed by atoms with Crippen LogP contribution in [0.2, 0.25) is 0 Å². The standard InChI is InChI=1S/C21H27NO4/c1-21(2)11-15-8-6-10-19(20(15)26-21)25-14-17(23)13-22-12-16-7-4-5-9-18(16)24-3/h4-10,17,22-23H,11-14H2,1-3H3/t17-/m0/s1. The van der Waals surface area contributed by atoms with Crippen LogP contribution in [0.3, 0.4) is 0 Å². The van der Waals surface area contributed by atoms with Crippen molar-refractivity contribution in [2.75, 3.05) is 20.3 Å². The quantitative estimate of drug-likeness (QED) is 0.761. The number of fused-ring (bicyclic) bond motifs is 1. The van der Waals surface area contributed by atoms with Gasteiger partial charge in [0.1, 0.15) is 24.1 Å². The van der Waals surface area contributed by atoms with Gasteiger partial charge in [0.25, 0.3) is 0 Å². The first-order valence-corrected chi connectivity index (χ1v) is 8.93. The molecule has 26 heavy (non-hydrogen) atoms. The number of aliphatic hydroxyl groups excluding tert-OH is 1. The first-order valence-electron chi connectivity index (χ1n) is 8.93. The van der Waals surface area contributed by atoms with Gasteiger partial charge in [0.15, 0.2) is 11.5 Å². The minimum Gasteiger partial charge on any atom is -0.496 e. The Balaban J connectivity index is 1.48. The van der Waals surface area contributed by atoms with Gasteiger partial charge in [-0.05, 0) is 26.0 Å². The second-order valence-electron chi connectivity index (χ2n) is 7.19. The van der Waals surface area contributed by atoms with Gasteiger partial charge in [0.2, 0.25) is 0 Å². The van der Waals surface area contributed by atoms with Crippen LogP contribution in [-0.4, -0.2) is 37.1 Å². The van der Waals surface area contributed by atoms with Crippen LogP contribution in [-0.2, 0) is 13.0 Å². The number of aliphatic hydroxyl groups is 1. The lowest BCUT2D eigenvalue weighted by molar-refractivity contribution is 0.0970. The van der Waals surface area contributed by atoms with Crippen molar-refractivity contribution in [2.24, 2.45) is 0 Å². The maximum Gasteiger partial charge on any atom is 0.165 e. The van der Waals surface area contributed by atoms with Crippen LogP contribution in [0.5, 0.6) is 17.2 Å². The predicted octanol–water partition coefficient (Wildman–Crippen LogP) is 2.94. The molecule has 1 heterocycles. The maximum atomic E-state index is 10.2. The third kappa shape index (κ3) is 4.48. The smallest absolute Gasteiger partial charge is 0.165 e. The molecule has 0 spiro atoms. The van der Waals surface area contributed by atoms with Crippen LogP contribution >= 0.6 is 0 Å². The first kappa shape index (κ1) is 18.5. The fourth-order valence-electron chi connectivity index (χ4n) is 3.17. The van der Waals surface area contributed by atoms with Crippen molar-refractivity contribution in [3.63, 3.8) is 0 Å². The zero-order valence-corrected chi connectivity index (χ0v) is 15.6. The summed E-state index contributed by atoms with van der Waals surface area (Å²) in [5, 5.41) is 13.4. The minimum atomic E-state index is -0.616. The molecule has 1 atom stereocenters. The molecule has 2 aromatic rings. The number of benzene rings is 2. The van der Waals surface area contributed by atoms with E-state index in [0.717, 1.165) is 29.0 Å². The summed E-state index contributed by atoms with van der Waals surface area (Å²) in [6.45, 7) is 5.39. The van der Waals surface area contributed by atoms with Gasteiger partial charge in [-0.1, -0.05) is 30.3 Å². The van der Waals surface area contributed by atoms with E-state index in [2.05, 4.69) is 25.2 Å². The van der Waals surface area contributed by atoms with Crippen molar-refractivity contribution < 1.29 is 19.3 Å². The largest absolute Gasteiger partial charge is 0.496 e. The first-order chi connectivity index (χ1) is 12.5. The molecule has 0 amide bonds. The van der Waals surface area contributed by atoms with Gasteiger partial charge in [-0.15, -0.1) is 0 Å². The average Bonchev–Trinajstić information content (AvgIpc) is 2.94. The number of hydrogen-bond acceptors (Lipinski definition) is 5. The van der Waals surface area contributed by atoms with Gasteiger partial charge in [0, 0.05) is 30.6 Å². The lowest BCUT2D eigenvalue weighted by Crippen LogP contribution is -2.31. The molecule has 0 saturated heterocycles. The molecule has 3 rings (SSSR count). The Morgan fingerprint density at radius 3 is 2.73 bits per heavy atom. The van der Waals surface area contributed by atoms with Gasteiger partial charge in [-0.25, -0.2) is 0 Å². The molecule has 5 heteroatoms. The van der Waals surface area contributed by atoms with Crippen molar-refractivity contribution in [3.05, 3.63) is 53.6 Å². The van der Waals surface area contributed by atoms with Crippen molar-refractivity contribution >= 4 is 0 Å². The lowest BCUT2D eigenvalue weighted by Gasteiger charge is -2.19. The molecule has 5 nitrogen and oxygen atoms in total. The molecule has 0 saturated carbocycles. The molecule has 0 aromatic heterocycles. The van der Waals surface area contributed by atoms with E-state index in [1.807, 2.05) is 36.4 Å². The summed E-state index contributed by atoms with van der Waals surface area (Å²) in [4.78, 5) is 0. The van der Waals surface area contributed by atoms with Gasteiger partial charge >= 0.3 is 0 Å². The van der Waals surface area contributed by atoms with E-state index in [-0.39, 0.29) is 12.2 Å². The molecule has 1 aliphatic heterocycles. The number of ether oxygens (including phenoxy) is 3. The Bertz CT molecular complexity index is 745. The van der Waals surface area contributed by atoms with Gasteiger partial charge < -0.3 is 24.6 Å². The molecule has 140 valence electrons. The summed E-state index contributed by atoms with van der Waals surface area (Å²) in [6, 6.07) is 13.7. The molecule has 0 radical (unpaired) electrons. The van der Waals surface area contributed by atoms with Crippen LogP contribution in [0.4, 0.5) is 0 Å². The number of para-hydroxylation sites is 2. The third-order valence-corrected chi connectivity index (χ3v) is 4.37. The van der Waals surface area contributed by atoms with Crippen LogP contribution < -0.4 is 19.5 Å². The van der Waals surface area contributed by atoms with Crippen LogP contribution in [0.25, 0.3) is 0 Å². The molecule has 0 aliphatic carbocycles. The Kier molecular flexibility index (Phi) is 5.69. The van der Waals surface area contributed by atoms with E-state index in [4.69, 9.17) is 14.2 Å². The highest BCUT2D eigenvalue weighted by molar-refractivity contribution is 5.50. The second kappa shape index (κ2) is 7.98. The minimum absolute atomic E-state index is 0.208. The Hall–Kier alpha value is -2.24. The topological polar surface area (TPSA) is 60.0 Å². The fraction of sp³-hybridized carbons (Fsp3) is 0.429. The highest BCUT2D eigenvalue weighted by atomic mass is 16.5. The Labute approximate surface area is 154 Å². The van der Waals surface area contributed by atoms with Crippen LogP contribution in [0.15, 0.2) is 42.5 Å². The second-order valence-corrected chi connectivity index (χ2v) is 7.19. The lowest BCUT2D eigenvalue weighted by atomic mass is 10.0. The summed E-state index contributed by atoms with van der Waals surface area (Å²) in [6.07, 6.45) is 0.248.